The number of amides is 1. The quantitative estimate of drug-likeness (QED) is 0.284. The minimum Gasteiger partial charge on any atom is -0.481 e. The Kier molecular flexibility index (Phi) is 16.4. The van der Waals surface area contributed by atoms with Crippen LogP contribution in [-0.4, -0.2) is 41.2 Å². The summed E-state index contributed by atoms with van der Waals surface area (Å²) in [4.78, 5) is 32.0. The maximum Gasteiger partial charge on any atom is 0.367 e. The summed E-state index contributed by atoms with van der Waals surface area (Å²) in [5.41, 5.74) is 3.80. The van der Waals surface area contributed by atoms with Gasteiger partial charge in [0.15, 0.2) is 0 Å². The molecule has 0 unspecified atom stereocenters. The van der Waals surface area contributed by atoms with Gasteiger partial charge in [0.1, 0.15) is 0 Å². The average molecular weight is 448 g/mol. The Morgan fingerprint density at radius 3 is 2.32 bits per heavy atom. The summed E-state index contributed by atoms with van der Waals surface area (Å²) in [6.07, 6.45) is 10.2. The first-order valence-electron chi connectivity index (χ1n) is 10.1. The summed E-state index contributed by atoms with van der Waals surface area (Å²) in [6.45, 7) is 8.54. The third-order valence-corrected chi connectivity index (χ3v) is 4.43. The van der Waals surface area contributed by atoms with Gasteiger partial charge in [0.25, 0.3) is 0 Å². The van der Waals surface area contributed by atoms with Gasteiger partial charge in [0.05, 0.1) is 13.0 Å². The van der Waals surface area contributed by atoms with E-state index in [1.54, 1.807) is 6.92 Å². The fraction of sp³-hybridized carbons (Fsp3) is 0.375. The van der Waals surface area contributed by atoms with Crippen molar-refractivity contribution in [2.45, 2.75) is 40.5 Å². The molecule has 0 atom stereocenters. The molecule has 6 nitrogen and oxygen atoms in total. The molecule has 0 saturated heterocycles. The number of rotatable bonds is 10. The second-order valence-electron chi connectivity index (χ2n) is 6.29. The molecule has 0 spiro atoms. The highest BCUT2D eigenvalue weighted by molar-refractivity contribution is 8.13. The van der Waals surface area contributed by atoms with E-state index in [9.17, 15) is 14.4 Å². The molecule has 0 fully saturated rings. The molecule has 0 saturated carbocycles. The van der Waals surface area contributed by atoms with Crippen molar-refractivity contribution in [1.82, 2.24) is 5.32 Å². The number of carboxylic acids is 1. The van der Waals surface area contributed by atoms with Crippen LogP contribution in [0.25, 0.3) is 5.57 Å². The van der Waals surface area contributed by atoms with Crippen LogP contribution < -0.4 is 5.32 Å². The molecule has 170 valence electrons. The van der Waals surface area contributed by atoms with Crippen molar-refractivity contribution in [2.75, 3.05) is 18.9 Å². The molecule has 31 heavy (non-hydrogen) atoms. The lowest BCUT2D eigenvalue weighted by atomic mass is 10.0. The fourth-order valence-corrected chi connectivity index (χ4v) is 2.74. The largest absolute Gasteiger partial charge is 0.481 e. The molecular formula is C24H33NO5S. The van der Waals surface area contributed by atoms with Gasteiger partial charge in [-0.1, -0.05) is 60.2 Å². The first kappa shape index (κ1) is 28.2. The molecule has 2 N–H and O–H groups in total. The Morgan fingerprint density at radius 2 is 1.77 bits per heavy atom. The summed E-state index contributed by atoms with van der Waals surface area (Å²) in [5, 5.41) is 10.5. The van der Waals surface area contributed by atoms with E-state index in [0.717, 1.165) is 11.8 Å². The Morgan fingerprint density at radius 1 is 1.10 bits per heavy atom. The number of ether oxygens (including phenoxy) is 1. The normalized spacial score (nSPS) is 11.2. The average Bonchev–Trinajstić information content (AvgIpc) is 2.74. The van der Waals surface area contributed by atoms with Crippen molar-refractivity contribution in [1.29, 1.82) is 0 Å². The molecule has 0 aliphatic carbocycles. The fourth-order valence-electron chi connectivity index (χ4n) is 2.17. The number of aryl methyl sites for hydroxylation is 1. The van der Waals surface area contributed by atoms with Crippen LogP contribution >= 0.6 is 11.8 Å². The molecule has 1 aromatic rings. The van der Waals surface area contributed by atoms with Crippen LogP contribution in [0.3, 0.4) is 0 Å². The third kappa shape index (κ3) is 15.7. The van der Waals surface area contributed by atoms with Gasteiger partial charge >= 0.3 is 11.3 Å². The van der Waals surface area contributed by atoms with Crippen molar-refractivity contribution >= 4 is 34.5 Å². The van der Waals surface area contributed by atoms with E-state index in [1.807, 2.05) is 19.9 Å². The van der Waals surface area contributed by atoms with E-state index in [0.29, 0.717) is 18.9 Å². The van der Waals surface area contributed by atoms with Crippen molar-refractivity contribution in [2.24, 2.45) is 0 Å². The van der Waals surface area contributed by atoms with Gasteiger partial charge in [-0.2, -0.15) is 0 Å². The smallest absolute Gasteiger partial charge is 0.367 e. The molecule has 0 bridgehead atoms. The number of hydrogen-bond donors (Lipinski definition) is 2. The van der Waals surface area contributed by atoms with Crippen LogP contribution in [0.1, 0.15) is 44.7 Å². The topological polar surface area (TPSA) is 92.7 Å². The number of carbonyl (C=O) groups excluding carboxylic acids is 2. The van der Waals surface area contributed by atoms with Crippen molar-refractivity contribution in [3.05, 3.63) is 65.8 Å². The van der Waals surface area contributed by atoms with Crippen molar-refractivity contribution in [3.63, 3.8) is 0 Å². The second kappa shape index (κ2) is 18.0. The Bertz CT molecular complexity index is 767. The zero-order valence-electron chi connectivity index (χ0n) is 18.7. The van der Waals surface area contributed by atoms with Crippen LogP contribution in [-0.2, 0) is 14.3 Å². The number of carbonyl (C=O) groups is 3. The van der Waals surface area contributed by atoms with Crippen LogP contribution in [0, 0.1) is 6.92 Å². The highest BCUT2D eigenvalue weighted by Crippen LogP contribution is 2.16. The number of allylic oxidation sites excluding steroid dienone is 6. The number of nitrogens with one attached hydrogen (secondary N) is 1. The Balaban J connectivity index is 0.000000581. The lowest BCUT2D eigenvalue weighted by Gasteiger charge is -2.03. The van der Waals surface area contributed by atoms with Gasteiger partial charge in [-0.3, -0.25) is 9.59 Å². The minimum absolute atomic E-state index is 0.0423. The molecule has 0 aliphatic heterocycles. The minimum atomic E-state index is -1.00. The summed E-state index contributed by atoms with van der Waals surface area (Å²) >= 11 is 0.975. The van der Waals surface area contributed by atoms with Gasteiger partial charge in [0, 0.05) is 18.7 Å². The molecule has 0 aromatic heterocycles. The van der Waals surface area contributed by atoms with E-state index < -0.39 is 5.97 Å². The van der Waals surface area contributed by atoms with Crippen LogP contribution in [0.4, 0.5) is 4.79 Å². The number of carboxylic acid groups (broad SMARTS) is 1. The van der Waals surface area contributed by atoms with Gasteiger partial charge in [-0.05, 0) is 50.6 Å². The molecule has 0 radical (unpaired) electrons. The van der Waals surface area contributed by atoms with E-state index in [2.05, 4.69) is 65.5 Å². The van der Waals surface area contributed by atoms with E-state index >= 15 is 0 Å². The standard InChI is InChI=1S/C15H18.C9H15NO5S/c1-4-6-8-14(7-5-2)15-11-9-13(3)10-12-15;1-2-15-9(14)16-6-5-10-7(11)3-4-8(12)13/h4-12H,1-3H3;2-6H2,1H3,(H,10,11)(H,12,13)/b6-4-,7-5-,14-8+;. The number of aliphatic carboxylic acids is 1. The predicted octanol–water partition coefficient (Wildman–Crippen LogP) is 5.39. The Hall–Kier alpha value is -2.80. The van der Waals surface area contributed by atoms with Crippen LogP contribution in [0.5, 0.6) is 0 Å². The van der Waals surface area contributed by atoms with Crippen LogP contribution in [0.15, 0.2) is 54.6 Å². The number of hydrogen-bond acceptors (Lipinski definition) is 5. The lowest BCUT2D eigenvalue weighted by molar-refractivity contribution is -0.138. The lowest BCUT2D eigenvalue weighted by Crippen LogP contribution is -2.26. The van der Waals surface area contributed by atoms with Gasteiger partial charge in [-0.15, -0.1) is 0 Å². The van der Waals surface area contributed by atoms with E-state index in [4.69, 9.17) is 5.11 Å². The molecule has 0 heterocycles. The Labute approximate surface area is 189 Å². The predicted molar refractivity (Wildman–Crippen MR) is 128 cm³/mol. The monoisotopic (exact) mass is 447 g/mol. The summed E-state index contributed by atoms with van der Waals surface area (Å²) in [6, 6.07) is 8.60. The maximum atomic E-state index is 11.0. The molecule has 1 aromatic carbocycles. The second-order valence-corrected chi connectivity index (χ2v) is 7.32. The maximum absolute atomic E-state index is 11.0. The zero-order chi connectivity index (χ0) is 23.5. The molecule has 1 rings (SSSR count). The van der Waals surface area contributed by atoms with Gasteiger partial charge in [0.2, 0.25) is 5.91 Å². The highest BCUT2D eigenvalue weighted by atomic mass is 32.2. The molecule has 7 heteroatoms. The number of benzene rings is 1. The first-order valence-corrected chi connectivity index (χ1v) is 11.1. The van der Waals surface area contributed by atoms with E-state index in [-0.39, 0.29) is 24.1 Å². The van der Waals surface area contributed by atoms with Crippen LogP contribution in [0.2, 0.25) is 0 Å². The third-order valence-electron chi connectivity index (χ3n) is 3.67. The first-order chi connectivity index (χ1) is 14.8. The van der Waals surface area contributed by atoms with Gasteiger partial charge < -0.3 is 15.2 Å². The molecule has 1 amide bonds. The highest BCUT2D eigenvalue weighted by Gasteiger charge is 2.06. The van der Waals surface area contributed by atoms with E-state index in [1.165, 1.54) is 16.7 Å². The zero-order valence-corrected chi connectivity index (χ0v) is 19.5. The van der Waals surface area contributed by atoms with Crippen molar-refractivity contribution < 1.29 is 24.2 Å². The SMILES string of the molecule is CCOC(=O)SCCNC(=O)CCC(=O)O.C\C=C/C=C(\C=C/C)c1ccc(C)cc1. The number of thioether (sulfide) groups is 1. The molecular weight excluding hydrogens is 414 g/mol. The van der Waals surface area contributed by atoms with Gasteiger partial charge in [-0.25, -0.2) is 4.79 Å². The summed E-state index contributed by atoms with van der Waals surface area (Å²) in [5.74, 6) is -0.916. The summed E-state index contributed by atoms with van der Waals surface area (Å²) < 4.78 is 4.66. The summed E-state index contributed by atoms with van der Waals surface area (Å²) in [7, 11) is 0. The molecule has 0 aliphatic rings. The van der Waals surface area contributed by atoms with Crippen molar-refractivity contribution in [3.8, 4) is 0 Å².